The van der Waals surface area contributed by atoms with Crippen LogP contribution in [0.5, 0.6) is 0 Å². The first kappa shape index (κ1) is 25.6. The SMILES string of the molecule is CC(=O)c1cccc(NC(=O)CSc2nc3sc4c(c3c(=O)n2C[C@@H]2CCCO2)CCN(C(C)=O)C4)c1. The minimum Gasteiger partial charge on any atom is -0.376 e. The van der Waals surface area contributed by atoms with E-state index in [1.165, 1.54) is 30.0 Å². The fraction of sp³-hybridized carbons (Fsp3) is 0.423. The monoisotopic (exact) mass is 540 g/mol. The molecule has 1 fully saturated rings. The minimum atomic E-state index is -0.258. The van der Waals surface area contributed by atoms with Crippen LogP contribution in [0.4, 0.5) is 5.69 Å². The second-order valence-electron chi connectivity index (χ2n) is 9.29. The third kappa shape index (κ3) is 5.48. The number of hydrogen-bond acceptors (Lipinski definition) is 8. The maximum absolute atomic E-state index is 13.8. The molecule has 3 aromatic rings. The van der Waals surface area contributed by atoms with E-state index in [9.17, 15) is 19.2 Å². The van der Waals surface area contributed by atoms with Gasteiger partial charge in [-0.25, -0.2) is 4.98 Å². The van der Waals surface area contributed by atoms with E-state index in [0.717, 1.165) is 23.3 Å². The molecule has 5 rings (SSSR count). The molecule has 11 heteroatoms. The van der Waals surface area contributed by atoms with E-state index in [4.69, 9.17) is 9.72 Å². The van der Waals surface area contributed by atoms with E-state index in [-0.39, 0.29) is 35.0 Å². The van der Waals surface area contributed by atoms with Gasteiger partial charge in [0.2, 0.25) is 11.8 Å². The average molecular weight is 541 g/mol. The smallest absolute Gasteiger partial charge is 0.263 e. The molecule has 194 valence electrons. The summed E-state index contributed by atoms with van der Waals surface area (Å²) in [5.41, 5.74) is 1.93. The van der Waals surface area contributed by atoms with Gasteiger partial charge >= 0.3 is 0 Å². The van der Waals surface area contributed by atoms with Gasteiger partial charge < -0.3 is 15.0 Å². The number of ether oxygens (including phenoxy) is 1. The van der Waals surface area contributed by atoms with Crippen molar-refractivity contribution < 1.29 is 19.1 Å². The largest absolute Gasteiger partial charge is 0.376 e. The Kier molecular flexibility index (Phi) is 7.45. The second-order valence-corrected chi connectivity index (χ2v) is 11.3. The van der Waals surface area contributed by atoms with Crippen LogP contribution in [0.1, 0.15) is 47.5 Å². The second kappa shape index (κ2) is 10.8. The molecular weight excluding hydrogens is 512 g/mol. The molecule has 1 atom stereocenters. The number of benzene rings is 1. The zero-order valence-electron chi connectivity index (χ0n) is 20.7. The molecule has 9 nitrogen and oxygen atoms in total. The summed E-state index contributed by atoms with van der Waals surface area (Å²) in [4.78, 5) is 58.3. The van der Waals surface area contributed by atoms with Gasteiger partial charge in [0.15, 0.2) is 10.9 Å². The topological polar surface area (TPSA) is 111 Å². The van der Waals surface area contributed by atoms with Crippen LogP contribution in [0.25, 0.3) is 10.2 Å². The highest BCUT2D eigenvalue weighted by Crippen LogP contribution is 2.34. The van der Waals surface area contributed by atoms with Crippen molar-refractivity contribution in [2.45, 2.75) is 57.5 Å². The molecule has 1 aromatic carbocycles. The van der Waals surface area contributed by atoms with Crippen LogP contribution < -0.4 is 10.9 Å². The maximum Gasteiger partial charge on any atom is 0.263 e. The van der Waals surface area contributed by atoms with E-state index in [2.05, 4.69) is 5.32 Å². The lowest BCUT2D eigenvalue weighted by Crippen LogP contribution is -2.34. The molecular formula is C26H28N4O5S2. The highest BCUT2D eigenvalue weighted by Gasteiger charge is 2.27. The summed E-state index contributed by atoms with van der Waals surface area (Å²) in [5, 5.41) is 3.92. The lowest BCUT2D eigenvalue weighted by molar-refractivity contribution is -0.129. The first-order valence-electron chi connectivity index (χ1n) is 12.3. The van der Waals surface area contributed by atoms with E-state index in [0.29, 0.717) is 59.3 Å². The molecule has 0 radical (unpaired) electrons. The summed E-state index contributed by atoms with van der Waals surface area (Å²) in [7, 11) is 0. The number of thioether (sulfide) groups is 1. The summed E-state index contributed by atoms with van der Waals surface area (Å²) >= 11 is 2.65. The van der Waals surface area contributed by atoms with Gasteiger partial charge in [-0.2, -0.15) is 0 Å². The fourth-order valence-electron chi connectivity index (χ4n) is 4.73. The Morgan fingerprint density at radius 2 is 2.11 bits per heavy atom. The predicted octanol–water partition coefficient (Wildman–Crippen LogP) is 3.48. The minimum absolute atomic E-state index is 0.0166. The normalized spacial score (nSPS) is 17.1. The number of hydrogen-bond donors (Lipinski definition) is 1. The van der Waals surface area contributed by atoms with Crippen LogP contribution in [-0.4, -0.2) is 57.1 Å². The Morgan fingerprint density at radius 1 is 1.27 bits per heavy atom. The fourth-order valence-corrected chi connectivity index (χ4v) is 6.82. The number of carbonyl (C=O) groups excluding carboxylic acids is 3. The summed E-state index contributed by atoms with van der Waals surface area (Å²) in [5.74, 6) is -0.266. The standard InChI is InChI=1S/C26H28N4O5S2/c1-15(31)17-5-3-6-18(11-17)27-22(33)14-36-26-28-24-23(25(34)30(26)12-19-7-4-10-35-19)20-8-9-29(16(2)32)13-21(20)37-24/h3,5-6,11,19H,4,7-10,12-14H2,1-2H3,(H,27,33)/t19-/m0/s1. The zero-order valence-corrected chi connectivity index (χ0v) is 22.4. The van der Waals surface area contributed by atoms with Crippen molar-refractivity contribution >= 4 is 56.6 Å². The third-order valence-corrected chi connectivity index (χ3v) is 8.75. The number of nitrogens with one attached hydrogen (secondary N) is 1. The molecule has 2 aliphatic rings. The van der Waals surface area contributed by atoms with Gasteiger partial charge in [0.25, 0.3) is 5.56 Å². The van der Waals surface area contributed by atoms with E-state index >= 15 is 0 Å². The Morgan fingerprint density at radius 3 is 2.84 bits per heavy atom. The van der Waals surface area contributed by atoms with Gasteiger partial charge in [0, 0.05) is 36.2 Å². The molecule has 0 aliphatic carbocycles. The van der Waals surface area contributed by atoms with E-state index in [1.54, 1.807) is 40.7 Å². The molecule has 0 unspecified atom stereocenters. The van der Waals surface area contributed by atoms with Crippen molar-refractivity contribution in [2.24, 2.45) is 0 Å². The van der Waals surface area contributed by atoms with Crippen LogP contribution in [0.2, 0.25) is 0 Å². The molecule has 37 heavy (non-hydrogen) atoms. The number of fused-ring (bicyclic) bond motifs is 3. The molecule has 1 saturated heterocycles. The van der Waals surface area contributed by atoms with Gasteiger partial charge in [0.1, 0.15) is 4.83 Å². The van der Waals surface area contributed by atoms with Crippen molar-refractivity contribution in [3.8, 4) is 0 Å². The van der Waals surface area contributed by atoms with Crippen LogP contribution >= 0.6 is 23.1 Å². The summed E-state index contributed by atoms with van der Waals surface area (Å²) in [6.45, 7) is 5.17. The Bertz CT molecular complexity index is 1440. The molecule has 2 aromatic heterocycles. The van der Waals surface area contributed by atoms with Crippen molar-refractivity contribution in [2.75, 3.05) is 24.2 Å². The number of Topliss-reactive ketones (excluding diaryl/α,β-unsaturated/α-hetero) is 1. The lowest BCUT2D eigenvalue weighted by Gasteiger charge is -2.25. The van der Waals surface area contributed by atoms with Crippen molar-refractivity contribution in [1.29, 1.82) is 0 Å². The number of carbonyl (C=O) groups is 3. The van der Waals surface area contributed by atoms with E-state index in [1.807, 2.05) is 0 Å². The highest BCUT2D eigenvalue weighted by molar-refractivity contribution is 7.99. The van der Waals surface area contributed by atoms with Gasteiger partial charge in [-0.15, -0.1) is 11.3 Å². The van der Waals surface area contributed by atoms with Crippen LogP contribution in [0.3, 0.4) is 0 Å². The van der Waals surface area contributed by atoms with Crippen molar-refractivity contribution in [3.05, 3.63) is 50.6 Å². The molecule has 2 amide bonds. The number of ketones is 1. The number of nitrogens with zero attached hydrogens (tertiary/aromatic N) is 3. The summed E-state index contributed by atoms with van der Waals surface area (Å²) < 4.78 is 7.45. The predicted molar refractivity (Wildman–Crippen MR) is 143 cm³/mol. The van der Waals surface area contributed by atoms with Gasteiger partial charge in [-0.1, -0.05) is 23.9 Å². The van der Waals surface area contributed by atoms with Crippen LogP contribution in [-0.2, 0) is 33.8 Å². The molecule has 0 spiro atoms. The maximum atomic E-state index is 13.8. The Labute approximate surface area is 222 Å². The molecule has 1 N–H and O–H groups in total. The Hall–Kier alpha value is -3.02. The molecule has 2 aliphatic heterocycles. The van der Waals surface area contributed by atoms with Crippen molar-refractivity contribution in [3.63, 3.8) is 0 Å². The average Bonchev–Trinajstić information content (AvgIpc) is 3.51. The number of aromatic nitrogens is 2. The zero-order chi connectivity index (χ0) is 26.1. The van der Waals surface area contributed by atoms with Crippen LogP contribution in [0, 0.1) is 0 Å². The van der Waals surface area contributed by atoms with Crippen LogP contribution in [0.15, 0.2) is 34.2 Å². The third-order valence-electron chi connectivity index (χ3n) is 6.67. The van der Waals surface area contributed by atoms with Gasteiger partial charge in [0.05, 0.1) is 30.3 Å². The number of thiophene rings is 1. The summed E-state index contributed by atoms with van der Waals surface area (Å²) in [6.07, 6.45) is 2.38. The van der Waals surface area contributed by atoms with Crippen molar-refractivity contribution in [1.82, 2.24) is 14.5 Å². The van der Waals surface area contributed by atoms with Gasteiger partial charge in [-0.3, -0.25) is 23.7 Å². The number of rotatable bonds is 7. The van der Waals surface area contributed by atoms with E-state index < -0.39 is 0 Å². The summed E-state index contributed by atoms with van der Waals surface area (Å²) in [6, 6.07) is 6.79. The number of amides is 2. The lowest BCUT2D eigenvalue weighted by atomic mass is 10.1. The first-order chi connectivity index (χ1) is 17.8. The van der Waals surface area contributed by atoms with Gasteiger partial charge in [-0.05, 0) is 43.9 Å². The highest BCUT2D eigenvalue weighted by atomic mass is 32.2. The quantitative estimate of drug-likeness (QED) is 0.278. The number of anilines is 1. The molecule has 4 heterocycles. The molecule has 0 bridgehead atoms. The first-order valence-corrected chi connectivity index (χ1v) is 14.1. The Balaban J connectivity index is 1.42. The molecule has 0 saturated carbocycles.